The van der Waals surface area contributed by atoms with Gasteiger partial charge < -0.3 is 39.3 Å². The summed E-state index contributed by atoms with van der Waals surface area (Å²) in [5.74, 6) is -7.05. The molecule has 3 N–H and O–H groups in total. The summed E-state index contributed by atoms with van der Waals surface area (Å²) in [5.41, 5.74) is 1.97. The molecule has 4 aliphatic rings. The summed E-state index contributed by atoms with van der Waals surface area (Å²) in [6.45, 7) is 1.54. The van der Waals surface area contributed by atoms with Crippen LogP contribution in [-0.4, -0.2) is 115 Å². The molecule has 15 heteroatoms. The van der Waals surface area contributed by atoms with Crippen molar-refractivity contribution in [3.63, 3.8) is 0 Å². The van der Waals surface area contributed by atoms with E-state index in [1.54, 1.807) is 36.4 Å². The van der Waals surface area contributed by atoms with Gasteiger partial charge in [-0.1, -0.05) is 0 Å². The zero-order valence-corrected chi connectivity index (χ0v) is 28.0. The van der Waals surface area contributed by atoms with Crippen LogP contribution in [0.25, 0.3) is 33.4 Å². The summed E-state index contributed by atoms with van der Waals surface area (Å²) in [4.78, 5) is 27.3. The fourth-order valence-electron chi connectivity index (χ4n) is 6.07. The lowest BCUT2D eigenvalue weighted by Gasteiger charge is -2.40. The van der Waals surface area contributed by atoms with Gasteiger partial charge in [0.25, 0.3) is 11.8 Å². The van der Waals surface area contributed by atoms with E-state index in [4.69, 9.17) is 18.6 Å². The summed E-state index contributed by atoms with van der Waals surface area (Å²) in [6, 6.07) is 14.1. The van der Waals surface area contributed by atoms with Gasteiger partial charge in [0.1, 0.15) is 11.3 Å². The molecular weight excluding hydrogens is 676 g/mol. The number of carboxylic acids is 1. The number of alkyl halides is 4. The molecule has 2 fully saturated rings. The first-order valence-corrected chi connectivity index (χ1v) is 16.6. The molecule has 0 spiro atoms. The number of likely N-dealkylation sites (N-methyl/N-ethyl adjacent to an activating group) is 1. The van der Waals surface area contributed by atoms with E-state index in [0.717, 1.165) is 6.54 Å². The van der Waals surface area contributed by atoms with E-state index in [1.165, 1.54) is 27.7 Å². The van der Waals surface area contributed by atoms with Gasteiger partial charge in [-0.15, -0.1) is 0 Å². The van der Waals surface area contributed by atoms with Crippen LogP contribution in [0.4, 0.5) is 23.2 Å². The number of ether oxygens (including phenoxy) is 3. The Kier molecular flexibility index (Phi) is 10.9. The van der Waals surface area contributed by atoms with Gasteiger partial charge in [0.05, 0.1) is 64.4 Å². The number of carbonyl (C=O) groups is 2. The normalized spacial score (nSPS) is 16.3. The van der Waals surface area contributed by atoms with Crippen LogP contribution in [0.15, 0.2) is 59.0 Å². The second-order valence-electron chi connectivity index (χ2n) is 12.5. The molecule has 0 saturated carbocycles. The monoisotopic (exact) mass is 715 g/mol. The highest BCUT2D eigenvalue weighted by atomic mass is 19.3. The van der Waals surface area contributed by atoms with Crippen molar-refractivity contribution in [2.45, 2.75) is 11.8 Å². The number of hydrogen-bond donors (Lipinski definition) is 3. The topological polar surface area (TPSA) is 126 Å². The summed E-state index contributed by atoms with van der Waals surface area (Å²) >= 11 is 0. The highest BCUT2D eigenvalue weighted by molar-refractivity contribution is 6.09. The minimum absolute atomic E-state index is 0.0889. The van der Waals surface area contributed by atoms with Gasteiger partial charge in [0.2, 0.25) is 18.4 Å². The lowest BCUT2D eigenvalue weighted by Crippen LogP contribution is -2.57. The van der Waals surface area contributed by atoms with Crippen molar-refractivity contribution in [1.29, 1.82) is 0 Å². The Morgan fingerprint density at radius 3 is 2.18 bits per heavy atom. The molecule has 2 aromatic carbocycles. The summed E-state index contributed by atoms with van der Waals surface area (Å²) in [6.07, 6.45) is 0. The Morgan fingerprint density at radius 2 is 1.53 bits per heavy atom. The maximum Gasteiger partial charge on any atom is 0.361 e. The number of fused-ring (bicyclic) bond motifs is 2. The largest absolute Gasteiger partial charge is 0.478 e. The number of nitrogens with zero attached hydrogens (tertiary/aromatic N) is 2. The Bertz CT molecular complexity index is 1930. The third-order valence-electron chi connectivity index (χ3n) is 8.66. The molecule has 51 heavy (non-hydrogen) atoms. The number of rotatable bonds is 16. The summed E-state index contributed by atoms with van der Waals surface area (Å²) < 4.78 is 78.9. The van der Waals surface area contributed by atoms with E-state index < -0.39 is 49.9 Å². The lowest BCUT2D eigenvalue weighted by molar-refractivity contribution is -0.0644. The van der Waals surface area contributed by atoms with Crippen molar-refractivity contribution in [1.82, 2.24) is 15.2 Å². The molecule has 0 atom stereocenters. The Morgan fingerprint density at radius 1 is 0.843 bits per heavy atom. The van der Waals surface area contributed by atoms with E-state index in [9.17, 15) is 32.3 Å². The van der Waals surface area contributed by atoms with Gasteiger partial charge in [-0.05, 0) is 49.0 Å². The quantitative estimate of drug-likeness (QED) is 0.0689. The third kappa shape index (κ3) is 8.50. The fourth-order valence-corrected chi connectivity index (χ4v) is 6.07. The lowest BCUT2D eigenvalue weighted by atomic mass is 9.89. The number of carboxylic acid groups (broad SMARTS) is 1. The van der Waals surface area contributed by atoms with Crippen LogP contribution in [0.2, 0.25) is 0 Å². The Labute approximate surface area is 290 Å². The summed E-state index contributed by atoms with van der Waals surface area (Å²) in [7, 11) is 1.85. The van der Waals surface area contributed by atoms with E-state index in [2.05, 4.69) is 10.6 Å². The number of aromatic carboxylic acids is 1. The average molecular weight is 716 g/mol. The number of carbonyl (C=O) groups excluding carboxylic acids is 1. The van der Waals surface area contributed by atoms with Crippen molar-refractivity contribution in [3.8, 4) is 22.5 Å². The Hall–Kier alpha value is -4.57. The second kappa shape index (κ2) is 15.4. The van der Waals surface area contributed by atoms with Crippen LogP contribution in [0, 0.1) is 0 Å². The predicted molar refractivity (Wildman–Crippen MR) is 181 cm³/mol. The smallest absolute Gasteiger partial charge is 0.361 e. The first-order chi connectivity index (χ1) is 24.4. The molecule has 0 bridgehead atoms. The molecule has 6 rings (SSSR count). The molecule has 0 unspecified atom stereocenters. The first-order valence-electron chi connectivity index (χ1n) is 16.6. The number of anilines is 1. The standard InChI is InChI=1S/C36H38F4N4O7/c1-41-8-10-48-12-14-50-15-13-49-11-9-42-33(45)23-2-5-26(34(46)47)29(16-23)32-27-6-3-24(43-19-35(37,38)20-43)17-30(27)51-31-18-25(4-7-28(31)32)44-21-36(39,40)22-44/h2-7,16-18,41H,8-15,19-22H2,1H3,(H-,42,45,46,47)/p+1. The molecule has 3 heterocycles. The van der Waals surface area contributed by atoms with Crippen LogP contribution in [0.3, 0.4) is 0 Å². The predicted octanol–water partition coefficient (Wildman–Crippen LogP) is 3.78. The van der Waals surface area contributed by atoms with Crippen LogP contribution < -0.4 is 25.5 Å². The summed E-state index contributed by atoms with van der Waals surface area (Å²) in [5, 5.41) is 16.9. The Balaban J connectivity index is 1.25. The number of benzene rings is 3. The van der Waals surface area contributed by atoms with Gasteiger partial charge >= 0.3 is 11.9 Å². The highest BCUT2D eigenvalue weighted by Crippen LogP contribution is 2.43. The first kappa shape index (κ1) is 36.2. The van der Waals surface area contributed by atoms with Crippen molar-refractivity contribution in [3.05, 3.63) is 71.1 Å². The van der Waals surface area contributed by atoms with Crippen LogP contribution in [-0.2, 0) is 14.2 Å². The molecule has 1 amide bonds. The minimum atomic E-state index is -2.81. The molecule has 0 aromatic heterocycles. The van der Waals surface area contributed by atoms with E-state index in [-0.39, 0.29) is 41.2 Å². The molecule has 272 valence electrons. The molecule has 3 aliphatic heterocycles. The van der Waals surface area contributed by atoms with Crippen molar-refractivity contribution in [2.24, 2.45) is 0 Å². The molecule has 1 aliphatic carbocycles. The zero-order valence-electron chi connectivity index (χ0n) is 28.0. The van der Waals surface area contributed by atoms with Crippen molar-refractivity contribution in [2.75, 3.05) is 90.9 Å². The van der Waals surface area contributed by atoms with Crippen molar-refractivity contribution >= 4 is 28.5 Å². The number of halogens is 4. The molecule has 2 aromatic rings. The fraction of sp³-hybridized carbons (Fsp3) is 0.417. The van der Waals surface area contributed by atoms with Crippen LogP contribution in [0.1, 0.15) is 20.7 Å². The molecular formula is C36H39F4N4O7+. The molecule has 11 nitrogen and oxygen atoms in total. The maximum atomic E-state index is 13.7. The van der Waals surface area contributed by atoms with Gasteiger partial charge in [-0.2, -0.15) is 8.78 Å². The van der Waals surface area contributed by atoms with Gasteiger partial charge in [0, 0.05) is 53.0 Å². The minimum Gasteiger partial charge on any atom is -0.478 e. The maximum absolute atomic E-state index is 13.7. The third-order valence-corrected chi connectivity index (χ3v) is 8.66. The molecule has 2 saturated heterocycles. The van der Waals surface area contributed by atoms with Crippen molar-refractivity contribution < 1.29 is 50.9 Å². The second-order valence-corrected chi connectivity index (χ2v) is 12.5. The molecule has 0 radical (unpaired) electrons. The number of hydrogen-bond acceptors (Lipinski definition) is 8. The van der Waals surface area contributed by atoms with Gasteiger partial charge in [-0.25, -0.2) is 18.2 Å². The van der Waals surface area contributed by atoms with Gasteiger partial charge in [0.15, 0.2) is 0 Å². The zero-order chi connectivity index (χ0) is 36.2. The van der Waals surface area contributed by atoms with E-state index >= 15 is 0 Å². The van der Waals surface area contributed by atoms with Gasteiger partial charge in [-0.3, -0.25) is 4.79 Å². The van der Waals surface area contributed by atoms with Crippen LogP contribution in [0.5, 0.6) is 0 Å². The average Bonchev–Trinajstić information content (AvgIpc) is 3.08. The van der Waals surface area contributed by atoms with E-state index in [1.807, 2.05) is 7.05 Å². The number of amides is 1. The SMILES string of the molecule is CNCCOCCOCCOCCNC(=O)c1ccc(C(=O)O)c(-c2c3ccc(=[N+]4CC(F)(F)C4)cc-3oc3cc(N4CC(F)(F)C4)ccc23)c1. The van der Waals surface area contributed by atoms with Crippen LogP contribution >= 0.6 is 0 Å². The van der Waals surface area contributed by atoms with E-state index in [0.29, 0.717) is 60.6 Å². The highest BCUT2D eigenvalue weighted by Gasteiger charge is 2.50. The number of nitrogens with one attached hydrogen (secondary N) is 2.